The molecule has 1 heterocycles. The van der Waals surface area contributed by atoms with Crippen LogP contribution in [0.5, 0.6) is 0 Å². The number of nitrogens with zero attached hydrogens (tertiary/aromatic N) is 1. The highest BCUT2D eigenvalue weighted by molar-refractivity contribution is 7.89. The third kappa shape index (κ3) is 2.70. The molecule has 96 valence electrons. The molecule has 0 aromatic carbocycles. The Kier molecular flexibility index (Phi) is 3.29. The van der Waals surface area contributed by atoms with Gasteiger partial charge in [0, 0.05) is 24.0 Å². The van der Waals surface area contributed by atoms with Crippen molar-refractivity contribution >= 4 is 10.0 Å². The molecule has 2 rings (SSSR count). The number of primary sulfonamides is 1. The van der Waals surface area contributed by atoms with Gasteiger partial charge in [0.25, 0.3) is 0 Å². The van der Waals surface area contributed by atoms with E-state index in [1.165, 1.54) is 11.3 Å². The second-order valence-electron chi connectivity index (χ2n) is 4.71. The lowest BCUT2D eigenvalue weighted by Crippen LogP contribution is -2.23. The number of aromatic nitrogens is 1. The third-order valence-electron chi connectivity index (χ3n) is 3.38. The zero-order valence-electron chi connectivity index (χ0n) is 10.0. The van der Waals surface area contributed by atoms with Crippen molar-refractivity contribution in [1.82, 2.24) is 4.57 Å². The maximum absolute atomic E-state index is 11.0. The minimum atomic E-state index is -3.41. The van der Waals surface area contributed by atoms with Crippen LogP contribution >= 0.6 is 0 Å². The highest BCUT2D eigenvalue weighted by atomic mass is 32.2. The van der Waals surface area contributed by atoms with Crippen LogP contribution in [-0.4, -0.2) is 18.7 Å². The van der Waals surface area contributed by atoms with Crippen molar-refractivity contribution in [3.05, 3.63) is 23.0 Å². The van der Waals surface area contributed by atoms with Crippen molar-refractivity contribution in [3.63, 3.8) is 0 Å². The molecule has 0 bridgehead atoms. The molecule has 0 amide bonds. The first kappa shape index (κ1) is 12.6. The Hall–Kier alpha value is -0.850. The van der Waals surface area contributed by atoms with E-state index in [-0.39, 0.29) is 11.8 Å². The monoisotopic (exact) mass is 257 g/mol. The molecule has 1 aromatic heterocycles. The average Bonchev–Trinajstić information content (AvgIpc) is 2.52. The summed E-state index contributed by atoms with van der Waals surface area (Å²) in [7, 11) is -3.41. The van der Waals surface area contributed by atoms with E-state index < -0.39 is 10.0 Å². The standard InChI is InChI=1S/C11H19N3O2S/c1-8-7-9-10(12)3-2-4-11(9)14(8)5-6-17(13,15)16/h7,10H,2-6,12H2,1H3,(H2,13,15,16). The second kappa shape index (κ2) is 4.44. The zero-order valence-corrected chi connectivity index (χ0v) is 10.8. The van der Waals surface area contributed by atoms with Gasteiger partial charge in [-0.3, -0.25) is 0 Å². The van der Waals surface area contributed by atoms with Crippen LogP contribution in [0, 0.1) is 6.92 Å². The lowest BCUT2D eigenvalue weighted by atomic mass is 9.93. The van der Waals surface area contributed by atoms with Gasteiger partial charge in [0.2, 0.25) is 10.0 Å². The van der Waals surface area contributed by atoms with Crippen LogP contribution in [-0.2, 0) is 23.0 Å². The largest absolute Gasteiger partial charge is 0.347 e. The second-order valence-corrected chi connectivity index (χ2v) is 6.44. The third-order valence-corrected chi connectivity index (χ3v) is 4.13. The molecular weight excluding hydrogens is 238 g/mol. The van der Waals surface area contributed by atoms with Crippen LogP contribution in [0.1, 0.15) is 35.8 Å². The predicted molar refractivity (Wildman–Crippen MR) is 67.0 cm³/mol. The number of nitrogens with two attached hydrogens (primary N) is 2. The number of aryl methyl sites for hydroxylation is 1. The fourth-order valence-electron chi connectivity index (χ4n) is 2.53. The van der Waals surface area contributed by atoms with Gasteiger partial charge in [0.05, 0.1) is 5.75 Å². The van der Waals surface area contributed by atoms with Gasteiger partial charge in [0.1, 0.15) is 0 Å². The Balaban J connectivity index is 2.28. The van der Waals surface area contributed by atoms with Crippen molar-refractivity contribution in [2.75, 3.05) is 5.75 Å². The van der Waals surface area contributed by atoms with E-state index in [1.54, 1.807) is 0 Å². The highest BCUT2D eigenvalue weighted by Crippen LogP contribution is 2.30. The summed E-state index contributed by atoms with van der Waals surface area (Å²) in [5, 5.41) is 5.04. The van der Waals surface area contributed by atoms with Gasteiger partial charge >= 0.3 is 0 Å². The molecule has 1 unspecified atom stereocenters. The van der Waals surface area contributed by atoms with E-state index in [0.29, 0.717) is 6.54 Å². The molecule has 0 aliphatic heterocycles. The first-order chi connectivity index (χ1) is 7.88. The Bertz CT molecular complexity index is 519. The minimum absolute atomic E-state index is 0.0236. The van der Waals surface area contributed by atoms with Crippen LogP contribution in [0.2, 0.25) is 0 Å². The first-order valence-electron chi connectivity index (χ1n) is 5.83. The fraction of sp³-hybridized carbons (Fsp3) is 0.636. The molecule has 1 aliphatic rings. The number of fused-ring (bicyclic) bond motifs is 1. The van der Waals surface area contributed by atoms with E-state index in [4.69, 9.17) is 10.9 Å². The Morgan fingerprint density at radius 2 is 2.24 bits per heavy atom. The van der Waals surface area contributed by atoms with Gasteiger partial charge in [0.15, 0.2) is 0 Å². The molecular formula is C11H19N3O2S. The van der Waals surface area contributed by atoms with Gasteiger partial charge in [-0.2, -0.15) is 0 Å². The summed E-state index contributed by atoms with van der Waals surface area (Å²) in [6, 6.07) is 2.16. The van der Waals surface area contributed by atoms with Gasteiger partial charge in [-0.15, -0.1) is 0 Å². The summed E-state index contributed by atoms with van der Waals surface area (Å²) in [6.45, 7) is 2.40. The van der Waals surface area contributed by atoms with E-state index >= 15 is 0 Å². The highest BCUT2D eigenvalue weighted by Gasteiger charge is 2.22. The summed E-state index contributed by atoms with van der Waals surface area (Å²) < 4.78 is 24.1. The molecule has 0 fully saturated rings. The molecule has 5 nitrogen and oxygen atoms in total. The molecule has 1 atom stereocenters. The number of hydrogen-bond donors (Lipinski definition) is 2. The zero-order chi connectivity index (χ0) is 12.6. The van der Waals surface area contributed by atoms with Crippen LogP contribution in [0.4, 0.5) is 0 Å². The van der Waals surface area contributed by atoms with Crippen LogP contribution in [0.3, 0.4) is 0 Å². The van der Waals surface area contributed by atoms with Gasteiger partial charge in [-0.1, -0.05) is 0 Å². The topological polar surface area (TPSA) is 91.1 Å². The Morgan fingerprint density at radius 3 is 2.88 bits per heavy atom. The minimum Gasteiger partial charge on any atom is -0.347 e. The summed E-state index contributed by atoms with van der Waals surface area (Å²) in [5.74, 6) is -0.0236. The van der Waals surface area contributed by atoms with Crippen molar-refractivity contribution in [3.8, 4) is 0 Å². The van der Waals surface area contributed by atoms with Crippen molar-refractivity contribution in [2.24, 2.45) is 10.9 Å². The van der Waals surface area contributed by atoms with E-state index in [0.717, 1.165) is 25.0 Å². The SMILES string of the molecule is Cc1cc2c(n1CCS(N)(=O)=O)CCCC2N. The van der Waals surface area contributed by atoms with Crippen LogP contribution in [0.25, 0.3) is 0 Å². The van der Waals surface area contributed by atoms with Crippen molar-refractivity contribution in [2.45, 2.75) is 38.8 Å². The summed E-state index contributed by atoms with van der Waals surface area (Å²) in [5.41, 5.74) is 9.47. The summed E-state index contributed by atoms with van der Waals surface area (Å²) in [4.78, 5) is 0. The summed E-state index contributed by atoms with van der Waals surface area (Å²) in [6.07, 6.45) is 3.04. The predicted octanol–water partition coefficient (Wildman–Crippen LogP) is 0.421. The molecule has 6 heteroatoms. The maximum Gasteiger partial charge on any atom is 0.210 e. The number of rotatable bonds is 3. The molecule has 0 saturated heterocycles. The van der Waals surface area contributed by atoms with E-state index in [9.17, 15) is 8.42 Å². The van der Waals surface area contributed by atoms with Crippen molar-refractivity contribution in [1.29, 1.82) is 0 Å². The first-order valence-corrected chi connectivity index (χ1v) is 7.55. The van der Waals surface area contributed by atoms with E-state index in [2.05, 4.69) is 6.07 Å². The quantitative estimate of drug-likeness (QED) is 0.822. The summed E-state index contributed by atoms with van der Waals surface area (Å²) >= 11 is 0. The fourth-order valence-corrected chi connectivity index (χ4v) is 2.97. The average molecular weight is 257 g/mol. The molecule has 0 saturated carbocycles. The van der Waals surface area contributed by atoms with Crippen molar-refractivity contribution < 1.29 is 8.42 Å². The molecule has 0 radical (unpaired) electrons. The smallest absolute Gasteiger partial charge is 0.210 e. The Morgan fingerprint density at radius 1 is 1.53 bits per heavy atom. The lowest BCUT2D eigenvalue weighted by molar-refractivity contribution is 0.540. The number of sulfonamides is 1. The normalized spacial score (nSPS) is 20.3. The van der Waals surface area contributed by atoms with Crippen LogP contribution in [0.15, 0.2) is 6.07 Å². The molecule has 1 aliphatic carbocycles. The lowest BCUT2D eigenvalue weighted by Gasteiger charge is -2.21. The maximum atomic E-state index is 11.0. The molecule has 1 aromatic rings. The van der Waals surface area contributed by atoms with Gasteiger partial charge < -0.3 is 10.3 Å². The van der Waals surface area contributed by atoms with Gasteiger partial charge in [-0.05, 0) is 37.8 Å². The molecule has 4 N–H and O–H groups in total. The molecule has 0 spiro atoms. The van der Waals surface area contributed by atoms with Crippen LogP contribution < -0.4 is 10.9 Å². The number of hydrogen-bond acceptors (Lipinski definition) is 3. The van der Waals surface area contributed by atoms with Gasteiger partial charge in [-0.25, -0.2) is 13.6 Å². The molecule has 17 heavy (non-hydrogen) atoms. The van der Waals surface area contributed by atoms with E-state index in [1.807, 2.05) is 11.5 Å². The Labute approximate surface area is 102 Å².